The highest BCUT2D eigenvalue weighted by Gasteiger charge is 2.54. The Morgan fingerprint density at radius 2 is 1.76 bits per heavy atom. The number of aliphatic hydroxyl groups excluding tert-OH is 1. The van der Waals surface area contributed by atoms with Gasteiger partial charge in [0.1, 0.15) is 0 Å². The fourth-order valence-electron chi connectivity index (χ4n) is 4.26. The molecule has 3 atom stereocenters. The van der Waals surface area contributed by atoms with Gasteiger partial charge in [-0.2, -0.15) is 0 Å². The van der Waals surface area contributed by atoms with E-state index in [1.54, 1.807) is 21.9 Å². The first-order chi connectivity index (χ1) is 12.1. The summed E-state index contributed by atoms with van der Waals surface area (Å²) in [6, 6.07) is 16.7. The van der Waals surface area contributed by atoms with Crippen molar-refractivity contribution in [1.82, 2.24) is 4.90 Å². The van der Waals surface area contributed by atoms with Gasteiger partial charge in [0.2, 0.25) is 5.91 Å². The molecular formula is C20H20N2O3. The smallest absolute Gasteiger partial charge is 0.258 e. The van der Waals surface area contributed by atoms with Crippen molar-refractivity contribution < 1.29 is 14.7 Å². The van der Waals surface area contributed by atoms with Crippen LogP contribution in [0.2, 0.25) is 0 Å². The Morgan fingerprint density at radius 3 is 2.44 bits per heavy atom. The Hall–Kier alpha value is -2.66. The molecule has 1 saturated heterocycles. The van der Waals surface area contributed by atoms with Gasteiger partial charge in [0, 0.05) is 30.6 Å². The molecule has 2 aromatic rings. The highest BCUT2D eigenvalue weighted by molar-refractivity contribution is 6.07. The molecule has 0 radical (unpaired) electrons. The average molecular weight is 336 g/mol. The molecule has 0 bridgehead atoms. The van der Waals surface area contributed by atoms with E-state index in [9.17, 15) is 14.7 Å². The Bertz CT molecular complexity index is 821. The molecule has 0 saturated carbocycles. The van der Waals surface area contributed by atoms with Crippen molar-refractivity contribution in [3.63, 3.8) is 0 Å². The summed E-state index contributed by atoms with van der Waals surface area (Å²) in [5.41, 5.74) is 2.53. The minimum atomic E-state index is -0.211. The molecule has 0 aliphatic carbocycles. The van der Waals surface area contributed by atoms with Crippen LogP contribution in [0.5, 0.6) is 0 Å². The molecular weight excluding hydrogens is 316 g/mol. The molecule has 2 amide bonds. The van der Waals surface area contributed by atoms with Crippen molar-refractivity contribution in [3.05, 3.63) is 65.7 Å². The fourth-order valence-corrected chi connectivity index (χ4v) is 4.26. The minimum Gasteiger partial charge on any atom is -0.394 e. The van der Waals surface area contributed by atoms with Gasteiger partial charge in [-0.05, 0) is 23.8 Å². The van der Waals surface area contributed by atoms with Crippen LogP contribution in [0.25, 0.3) is 0 Å². The molecule has 1 N–H and O–H groups in total. The Balaban J connectivity index is 1.76. The lowest BCUT2D eigenvalue weighted by molar-refractivity contribution is -0.147. The zero-order valence-corrected chi connectivity index (χ0v) is 14.0. The van der Waals surface area contributed by atoms with E-state index in [0.717, 1.165) is 11.3 Å². The molecule has 2 heterocycles. The number of carbonyl (C=O) groups excluding carboxylic acids is 2. The van der Waals surface area contributed by atoms with E-state index >= 15 is 0 Å². The molecule has 0 unspecified atom stereocenters. The first kappa shape index (κ1) is 15.8. The molecule has 2 aromatic carbocycles. The van der Waals surface area contributed by atoms with Crippen molar-refractivity contribution in [2.45, 2.75) is 24.9 Å². The first-order valence-corrected chi connectivity index (χ1v) is 8.49. The Labute approximate surface area is 146 Å². The summed E-state index contributed by atoms with van der Waals surface area (Å²) in [6.07, 6.45) is 0. The van der Waals surface area contributed by atoms with Crippen molar-refractivity contribution >= 4 is 17.5 Å². The number of benzene rings is 2. The molecule has 0 aromatic heterocycles. The summed E-state index contributed by atoms with van der Waals surface area (Å²) in [7, 11) is 0. The van der Waals surface area contributed by atoms with Crippen LogP contribution in [-0.4, -0.2) is 47.1 Å². The van der Waals surface area contributed by atoms with Crippen LogP contribution in [0, 0.1) is 0 Å². The van der Waals surface area contributed by atoms with E-state index in [0.29, 0.717) is 12.1 Å². The number of hydrogen-bond donors (Lipinski definition) is 1. The van der Waals surface area contributed by atoms with Crippen LogP contribution < -0.4 is 4.90 Å². The zero-order chi connectivity index (χ0) is 17.6. The molecule has 0 spiro atoms. The van der Waals surface area contributed by atoms with Crippen LogP contribution in [-0.2, 0) is 4.79 Å². The predicted molar refractivity (Wildman–Crippen MR) is 94.5 cm³/mol. The van der Waals surface area contributed by atoms with E-state index in [4.69, 9.17) is 0 Å². The number of rotatable bonds is 2. The van der Waals surface area contributed by atoms with Crippen LogP contribution in [0.15, 0.2) is 54.6 Å². The topological polar surface area (TPSA) is 60.9 Å². The third kappa shape index (κ3) is 2.35. The van der Waals surface area contributed by atoms with Gasteiger partial charge in [0.15, 0.2) is 0 Å². The summed E-state index contributed by atoms with van der Waals surface area (Å²) in [5.74, 6) is -0.0563. The van der Waals surface area contributed by atoms with Gasteiger partial charge in [0.25, 0.3) is 5.91 Å². The number of anilines is 1. The van der Waals surface area contributed by atoms with Gasteiger partial charge in [0.05, 0.1) is 18.7 Å². The second kappa shape index (κ2) is 6.01. The van der Waals surface area contributed by atoms with Crippen molar-refractivity contribution in [2.75, 3.05) is 18.1 Å². The maximum atomic E-state index is 13.0. The molecule has 128 valence electrons. The number of carbonyl (C=O) groups is 2. The van der Waals surface area contributed by atoms with Crippen molar-refractivity contribution in [2.24, 2.45) is 0 Å². The van der Waals surface area contributed by atoms with Gasteiger partial charge in [-0.15, -0.1) is 0 Å². The summed E-state index contributed by atoms with van der Waals surface area (Å²) in [5, 5.41) is 9.75. The molecule has 2 aliphatic heterocycles. The van der Waals surface area contributed by atoms with Crippen LogP contribution in [0.4, 0.5) is 5.69 Å². The van der Waals surface area contributed by atoms with E-state index in [1.807, 2.05) is 42.5 Å². The van der Waals surface area contributed by atoms with E-state index in [2.05, 4.69) is 0 Å². The Kier molecular flexibility index (Phi) is 3.81. The van der Waals surface area contributed by atoms with Gasteiger partial charge < -0.3 is 14.9 Å². The largest absolute Gasteiger partial charge is 0.394 e. The number of amides is 2. The van der Waals surface area contributed by atoms with E-state index in [1.165, 1.54) is 6.92 Å². The van der Waals surface area contributed by atoms with Crippen molar-refractivity contribution in [1.29, 1.82) is 0 Å². The second-order valence-corrected chi connectivity index (χ2v) is 6.61. The van der Waals surface area contributed by atoms with E-state index in [-0.39, 0.29) is 36.4 Å². The molecule has 1 fully saturated rings. The zero-order valence-electron chi connectivity index (χ0n) is 14.0. The highest BCUT2D eigenvalue weighted by Crippen LogP contribution is 2.48. The normalized spacial score (nSPS) is 24.2. The lowest BCUT2D eigenvalue weighted by Gasteiger charge is -2.58. The third-order valence-electron chi connectivity index (χ3n) is 5.32. The number of fused-ring (bicyclic) bond motifs is 3. The van der Waals surface area contributed by atoms with Crippen LogP contribution in [0.3, 0.4) is 0 Å². The number of aliphatic hydroxyl groups is 1. The number of likely N-dealkylation sites (tertiary alicyclic amines) is 1. The molecule has 25 heavy (non-hydrogen) atoms. The summed E-state index contributed by atoms with van der Waals surface area (Å²) < 4.78 is 0. The van der Waals surface area contributed by atoms with Gasteiger partial charge in [-0.1, -0.05) is 36.4 Å². The summed E-state index contributed by atoms with van der Waals surface area (Å²) in [6.45, 7) is 1.90. The molecule has 4 rings (SSSR count). The quantitative estimate of drug-likeness (QED) is 0.913. The van der Waals surface area contributed by atoms with E-state index < -0.39 is 0 Å². The number of nitrogens with zero attached hydrogens (tertiary/aromatic N) is 2. The van der Waals surface area contributed by atoms with Gasteiger partial charge in [-0.3, -0.25) is 9.59 Å². The minimum absolute atomic E-state index is 0.0632. The second-order valence-electron chi connectivity index (χ2n) is 6.61. The molecule has 2 aliphatic rings. The first-order valence-electron chi connectivity index (χ1n) is 8.49. The van der Waals surface area contributed by atoms with Gasteiger partial charge >= 0.3 is 0 Å². The SMILES string of the molecule is CC(=O)N1[C@H](CO)[C@@H]2c3ccccc3N(C(=O)c3ccccc3)C[C@@H]21. The third-order valence-corrected chi connectivity index (χ3v) is 5.32. The highest BCUT2D eigenvalue weighted by atomic mass is 16.3. The molecule has 5 nitrogen and oxygen atoms in total. The number of hydrogen-bond acceptors (Lipinski definition) is 3. The van der Waals surface area contributed by atoms with Crippen LogP contribution in [0.1, 0.15) is 28.8 Å². The van der Waals surface area contributed by atoms with Crippen LogP contribution >= 0.6 is 0 Å². The average Bonchev–Trinajstić information content (AvgIpc) is 2.62. The maximum absolute atomic E-state index is 13.0. The predicted octanol–water partition coefficient (Wildman–Crippen LogP) is 2.02. The standard InChI is InChI=1S/C20H20N2O3/c1-13(24)22-17-11-21(20(25)14-7-3-2-4-8-14)16-10-6-5-9-15(16)19(17)18(22)12-23/h2-10,17-19,23H,11-12H2,1H3/t17-,18+,19+/m0/s1. The summed E-state index contributed by atoms with van der Waals surface area (Å²) in [4.78, 5) is 28.5. The van der Waals surface area contributed by atoms with Gasteiger partial charge in [-0.25, -0.2) is 0 Å². The fraction of sp³-hybridized carbons (Fsp3) is 0.300. The maximum Gasteiger partial charge on any atom is 0.258 e. The lowest BCUT2D eigenvalue weighted by Crippen LogP contribution is -2.70. The lowest BCUT2D eigenvalue weighted by atomic mass is 9.72. The Morgan fingerprint density at radius 1 is 1.08 bits per heavy atom. The van der Waals surface area contributed by atoms with Crippen molar-refractivity contribution in [3.8, 4) is 0 Å². The summed E-state index contributed by atoms with van der Waals surface area (Å²) >= 11 is 0. The molecule has 5 heteroatoms. The number of para-hydroxylation sites is 1. The monoisotopic (exact) mass is 336 g/mol.